The van der Waals surface area contributed by atoms with Crippen molar-refractivity contribution >= 4 is 26.7 Å². The van der Waals surface area contributed by atoms with E-state index in [2.05, 4.69) is 26.8 Å². The molecule has 4 heterocycles. The smallest absolute Gasteiger partial charge is 0.262 e. The second-order valence-electron chi connectivity index (χ2n) is 7.25. The van der Waals surface area contributed by atoms with Gasteiger partial charge < -0.3 is 14.5 Å². The summed E-state index contributed by atoms with van der Waals surface area (Å²) >= 11 is 0. The maximum Gasteiger partial charge on any atom is 0.262 e. The lowest BCUT2D eigenvalue weighted by atomic mass is 9.93. The molecule has 4 rings (SSSR count). The first kappa shape index (κ1) is 18.0. The molecule has 9 heteroatoms. The van der Waals surface area contributed by atoms with Crippen LogP contribution in [0.5, 0.6) is 0 Å². The summed E-state index contributed by atoms with van der Waals surface area (Å²) in [6.07, 6.45) is 7.53. The first-order valence-electron chi connectivity index (χ1n) is 9.01. The van der Waals surface area contributed by atoms with E-state index in [-0.39, 0.29) is 11.1 Å². The van der Waals surface area contributed by atoms with E-state index >= 15 is 0 Å². The Morgan fingerprint density at radius 2 is 2.11 bits per heavy atom. The van der Waals surface area contributed by atoms with Gasteiger partial charge in [0.05, 0.1) is 6.33 Å². The van der Waals surface area contributed by atoms with Crippen LogP contribution in [0.3, 0.4) is 0 Å². The third-order valence-corrected chi connectivity index (χ3v) is 7.23. The maximum absolute atomic E-state index is 13.0. The minimum absolute atomic E-state index is 0.0673. The van der Waals surface area contributed by atoms with Gasteiger partial charge in [0, 0.05) is 62.9 Å². The SMILES string of the molecule is C[C@@H]1CCN(S(=O)(=O)c2cn(C)cn2)C[C@@H]1N(C)c1ccnc2[nH]ccc12. The van der Waals surface area contributed by atoms with E-state index in [1.54, 1.807) is 28.3 Å². The van der Waals surface area contributed by atoms with Crippen molar-refractivity contribution in [2.75, 3.05) is 25.0 Å². The number of fused-ring (bicyclic) bond motifs is 1. The van der Waals surface area contributed by atoms with Crippen molar-refractivity contribution < 1.29 is 8.42 Å². The highest BCUT2D eigenvalue weighted by Gasteiger charge is 2.37. The van der Waals surface area contributed by atoms with Gasteiger partial charge in [-0.05, 0) is 24.5 Å². The lowest BCUT2D eigenvalue weighted by Gasteiger charge is -2.41. The van der Waals surface area contributed by atoms with Crippen LogP contribution >= 0.6 is 0 Å². The number of nitrogens with zero attached hydrogens (tertiary/aromatic N) is 5. The number of hydrogen-bond acceptors (Lipinski definition) is 5. The number of H-pyrrole nitrogens is 1. The molecule has 0 saturated carbocycles. The van der Waals surface area contributed by atoms with E-state index in [0.717, 1.165) is 23.1 Å². The van der Waals surface area contributed by atoms with Gasteiger partial charge in [0.1, 0.15) is 5.65 Å². The summed E-state index contributed by atoms with van der Waals surface area (Å²) < 4.78 is 29.2. The molecule has 0 amide bonds. The van der Waals surface area contributed by atoms with Gasteiger partial charge in [0.2, 0.25) is 0 Å². The monoisotopic (exact) mass is 388 g/mol. The Hall–Kier alpha value is -2.39. The fourth-order valence-electron chi connectivity index (χ4n) is 3.83. The zero-order valence-electron chi connectivity index (χ0n) is 15.7. The second kappa shape index (κ2) is 6.65. The quantitative estimate of drug-likeness (QED) is 0.737. The first-order valence-corrected chi connectivity index (χ1v) is 10.4. The zero-order chi connectivity index (χ0) is 19.2. The number of aryl methyl sites for hydroxylation is 1. The van der Waals surface area contributed by atoms with Gasteiger partial charge in [0.25, 0.3) is 10.0 Å². The Bertz CT molecular complexity index is 1060. The molecule has 0 spiro atoms. The Labute approximate surface area is 158 Å². The summed E-state index contributed by atoms with van der Waals surface area (Å²) in [5, 5.41) is 1.15. The topological polar surface area (TPSA) is 87.1 Å². The summed E-state index contributed by atoms with van der Waals surface area (Å²) in [7, 11) is 0.209. The molecule has 2 atom stereocenters. The molecule has 144 valence electrons. The van der Waals surface area contributed by atoms with Crippen molar-refractivity contribution in [3.05, 3.63) is 37.1 Å². The second-order valence-corrected chi connectivity index (χ2v) is 9.14. The fourth-order valence-corrected chi connectivity index (χ4v) is 5.27. The molecule has 1 aliphatic rings. The molecule has 1 N–H and O–H groups in total. The van der Waals surface area contributed by atoms with Crippen molar-refractivity contribution in [1.29, 1.82) is 0 Å². The van der Waals surface area contributed by atoms with E-state index in [4.69, 9.17) is 0 Å². The Balaban J connectivity index is 1.64. The Kier molecular flexibility index (Phi) is 4.43. The molecule has 0 bridgehead atoms. The molecular formula is C18H24N6O2S. The largest absolute Gasteiger partial charge is 0.369 e. The predicted octanol–water partition coefficient (Wildman–Crippen LogP) is 1.83. The highest BCUT2D eigenvalue weighted by atomic mass is 32.2. The third kappa shape index (κ3) is 3.10. The summed E-state index contributed by atoms with van der Waals surface area (Å²) in [6, 6.07) is 4.05. The van der Waals surface area contributed by atoms with Crippen LogP contribution in [0, 0.1) is 5.92 Å². The number of pyridine rings is 1. The molecule has 27 heavy (non-hydrogen) atoms. The highest BCUT2D eigenvalue weighted by molar-refractivity contribution is 7.89. The van der Waals surface area contributed by atoms with E-state index in [1.807, 2.05) is 25.4 Å². The van der Waals surface area contributed by atoms with Crippen molar-refractivity contribution in [2.45, 2.75) is 24.4 Å². The molecule has 8 nitrogen and oxygen atoms in total. The summed E-state index contributed by atoms with van der Waals surface area (Å²) in [5.74, 6) is 0.368. The van der Waals surface area contributed by atoms with Crippen molar-refractivity contribution in [3.8, 4) is 0 Å². The molecule has 0 aromatic carbocycles. The number of aromatic amines is 1. The predicted molar refractivity (Wildman–Crippen MR) is 104 cm³/mol. The number of nitrogens with one attached hydrogen (secondary N) is 1. The molecule has 3 aromatic rings. The number of anilines is 1. The van der Waals surface area contributed by atoms with Crippen LogP contribution in [-0.2, 0) is 17.1 Å². The normalized spacial score (nSPS) is 21.6. The number of sulfonamides is 1. The van der Waals surface area contributed by atoms with Gasteiger partial charge in [-0.15, -0.1) is 0 Å². The van der Waals surface area contributed by atoms with Crippen LogP contribution in [0.15, 0.2) is 42.1 Å². The van der Waals surface area contributed by atoms with Gasteiger partial charge in [-0.3, -0.25) is 0 Å². The van der Waals surface area contributed by atoms with Crippen LogP contribution in [-0.4, -0.2) is 58.4 Å². The number of imidazole rings is 1. The summed E-state index contributed by atoms with van der Waals surface area (Å²) in [6.45, 7) is 3.13. The minimum Gasteiger partial charge on any atom is -0.369 e. The van der Waals surface area contributed by atoms with Crippen LogP contribution in [0.1, 0.15) is 13.3 Å². The van der Waals surface area contributed by atoms with Crippen molar-refractivity contribution in [3.63, 3.8) is 0 Å². The van der Waals surface area contributed by atoms with E-state index < -0.39 is 10.0 Å². The van der Waals surface area contributed by atoms with E-state index in [1.165, 1.54) is 6.33 Å². The van der Waals surface area contributed by atoms with E-state index in [0.29, 0.717) is 19.0 Å². The lowest BCUT2D eigenvalue weighted by Crippen LogP contribution is -2.52. The number of hydrogen-bond donors (Lipinski definition) is 1. The van der Waals surface area contributed by atoms with E-state index in [9.17, 15) is 8.42 Å². The van der Waals surface area contributed by atoms with Crippen LogP contribution in [0.2, 0.25) is 0 Å². The minimum atomic E-state index is -3.59. The number of piperidine rings is 1. The van der Waals surface area contributed by atoms with Gasteiger partial charge in [0.15, 0.2) is 5.03 Å². The molecular weight excluding hydrogens is 364 g/mol. The number of aromatic nitrogens is 4. The average molecular weight is 388 g/mol. The molecule has 1 aliphatic heterocycles. The van der Waals surface area contributed by atoms with Gasteiger partial charge in [-0.2, -0.15) is 4.31 Å². The first-order chi connectivity index (χ1) is 12.9. The van der Waals surface area contributed by atoms with Crippen LogP contribution in [0.4, 0.5) is 5.69 Å². The Morgan fingerprint density at radius 3 is 2.85 bits per heavy atom. The van der Waals surface area contributed by atoms with Gasteiger partial charge in [-0.1, -0.05) is 6.92 Å². The number of likely N-dealkylation sites (N-methyl/N-ethyl adjacent to an activating group) is 1. The average Bonchev–Trinajstić information content (AvgIpc) is 3.30. The molecule has 0 unspecified atom stereocenters. The third-order valence-electron chi connectivity index (χ3n) is 5.48. The Morgan fingerprint density at radius 1 is 1.30 bits per heavy atom. The molecule has 0 radical (unpaired) electrons. The van der Waals surface area contributed by atoms with Crippen molar-refractivity contribution in [2.24, 2.45) is 13.0 Å². The fraction of sp³-hybridized carbons (Fsp3) is 0.444. The molecule has 1 fully saturated rings. The summed E-state index contributed by atoms with van der Waals surface area (Å²) in [5.41, 5.74) is 1.89. The van der Waals surface area contributed by atoms with Crippen LogP contribution in [0.25, 0.3) is 11.0 Å². The van der Waals surface area contributed by atoms with Crippen LogP contribution < -0.4 is 4.90 Å². The highest BCUT2D eigenvalue weighted by Crippen LogP contribution is 2.31. The maximum atomic E-state index is 13.0. The molecule has 1 saturated heterocycles. The van der Waals surface area contributed by atoms with Crippen molar-refractivity contribution in [1.82, 2.24) is 23.8 Å². The van der Waals surface area contributed by atoms with Gasteiger partial charge >= 0.3 is 0 Å². The zero-order valence-corrected chi connectivity index (χ0v) is 16.5. The molecule has 0 aliphatic carbocycles. The molecule has 3 aromatic heterocycles. The number of rotatable bonds is 4. The van der Waals surface area contributed by atoms with Gasteiger partial charge in [-0.25, -0.2) is 18.4 Å². The summed E-state index contributed by atoms with van der Waals surface area (Å²) in [4.78, 5) is 13.7. The standard InChI is InChI=1S/C18H24N6O2S/c1-13-6-9-24(27(25,26)17-11-22(2)12-21-17)10-16(13)23(3)15-5-8-20-18-14(15)4-7-19-18/h4-5,7-8,11-13,16H,6,9-10H2,1-3H3,(H,19,20)/t13-,16+/m1/s1. The lowest BCUT2D eigenvalue weighted by molar-refractivity contribution is 0.247.